The molecule has 4 aromatic carbocycles. The zero-order valence-electron chi connectivity index (χ0n) is 21.1. The highest BCUT2D eigenvalue weighted by Gasteiger charge is 2.16. The first kappa shape index (κ1) is 26.8. The standard InChI is InChI=1S/C32H25FN2O4/c1-39-27-12-7-8-22(20-27)14-19-30(36)23-15-17-26(18-16-23)34-32(38)29(21-25-11-5-6-13-28(25)33)35-31(37)24-9-3-2-4-10-24/h2-21H,1H3,(H,34,38)(H,35,37)/b19-14+,29-21-. The average Bonchev–Trinajstić information content (AvgIpc) is 2.97. The molecule has 0 aromatic heterocycles. The third kappa shape index (κ3) is 7.36. The molecule has 0 unspecified atom stereocenters. The maximum Gasteiger partial charge on any atom is 0.272 e. The van der Waals surface area contributed by atoms with Crippen LogP contribution in [-0.2, 0) is 4.79 Å². The second kappa shape index (κ2) is 12.8. The third-order valence-corrected chi connectivity index (χ3v) is 5.68. The minimum absolute atomic E-state index is 0.139. The number of carbonyl (C=O) groups excluding carboxylic acids is 3. The molecule has 0 saturated carbocycles. The van der Waals surface area contributed by atoms with Crippen LogP contribution < -0.4 is 15.4 Å². The number of amides is 2. The van der Waals surface area contributed by atoms with Crippen LogP contribution in [0.25, 0.3) is 12.2 Å². The number of anilines is 1. The average molecular weight is 521 g/mol. The van der Waals surface area contributed by atoms with Gasteiger partial charge in [0.15, 0.2) is 5.78 Å². The Morgan fingerprint density at radius 3 is 2.23 bits per heavy atom. The van der Waals surface area contributed by atoms with Crippen molar-refractivity contribution < 1.29 is 23.5 Å². The smallest absolute Gasteiger partial charge is 0.272 e. The molecule has 0 spiro atoms. The predicted molar refractivity (Wildman–Crippen MR) is 150 cm³/mol. The molecular weight excluding hydrogens is 495 g/mol. The molecular formula is C32H25FN2O4. The number of benzene rings is 4. The summed E-state index contributed by atoms with van der Waals surface area (Å²) in [5.74, 6) is -1.24. The van der Waals surface area contributed by atoms with E-state index >= 15 is 0 Å². The normalized spacial score (nSPS) is 11.2. The number of allylic oxidation sites excluding steroid dienone is 1. The fourth-order valence-electron chi connectivity index (χ4n) is 3.62. The molecule has 2 amide bonds. The molecule has 6 nitrogen and oxygen atoms in total. The van der Waals surface area contributed by atoms with E-state index in [1.54, 1.807) is 73.8 Å². The van der Waals surface area contributed by atoms with Crippen LogP contribution in [0.3, 0.4) is 0 Å². The van der Waals surface area contributed by atoms with Gasteiger partial charge in [0, 0.05) is 22.4 Å². The van der Waals surface area contributed by atoms with Crippen molar-refractivity contribution in [3.8, 4) is 5.75 Å². The Hall–Kier alpha value is -5.30. The molecule has 0 atom stereocenters. The molecule has 194 valence electrons. The van der Waals surface area contributed by atoms with Crippen molar-refractivity contribution in [3.05, 3.63) is 143 Å². The van der Waals surface area contributed by atoms with Crippen LogP contribution in [-0.4, -0.2) is 24.7 Å². The van der Waals surface area contributed by atoms with Crippen molar-refractivity contribution >= 4 is 35.4 Å². The monoisotopic (exact) mass is 520 g/mol. The number of nitrogens with one attached hydrogen (secondary N) is 2. The first-order valence-electron chi connectivity index (χ1n) is 12.0. The second-order valence-corrected chi connectivity index (χ2v) is 8.41. The maximum absolute atomic E-state index is 14.3. The fourth-order valence-corrected chi connectivity index (χ4v) is 3.62. The first-order valence-corrected chi connectivity index (χ1v) is 12.0. The lowest BCUT2D eigenvalue weighted by atomic mass is 10.1. The Labute approximate surface area is 225 Å². The minimum atomic E-state index is -0.653. The van der Waals surface area contributed by atoms with Gasteiger partial charge in [0.05, 0.1) is 7.11 Å². The molecule has 0 aliphatic heterocycles. The molecule has 0 heterocycles. The van der Waals surface area contributed by atoms with Crippen molar-refractivity contribution in [1.82, 2.24) is 5.32 Å². The van der Waals surface area contributed by atoms with E-state index in [-0.39, 0.29) is 17.0 Å². The van der Waals surface area contributed by atoms with Crippen LogP contribution >= 0.6 is 0 Å². The lowest BCUT2D eigenvalue weighted by Crippen LogP contribution is -2.30. The Morgan fingerprint density at radius 1 is 0.795 bits per heavy atom. The van der Waals surface area contributed by atoms with Crippen LogP contribution in [0.4, 0.5) is 10.1 Å². The number of hydrogen-bond acceptors (Lipinski definition) is 4. The molecule has 0 bridgehead atoms. The summed E-state index contributed by atoms with van der Waals surface area (Å²) in [6.45, 7) is 0. The van der Waals surface area contributed by atoms with Gasteiger partial charge in [0.1, 0.15) is 17.3 Å². The van der Waals surface area contributed by atoms with Crippen LogP contribution in [0.2, 0.25) is 0 Å². The SMILES string of the molecule is COc1cccc(/C=C/C(=O)c2ccc(NC(=O)/C(=C/c3ccccc3F)NC(=O)c3ccccc3)cc2)c1. The van der Waals surface area contributed by atoms with Gasteiger partial charge in [-0.15, -0.1) is 0 Å². The van der Waals surface area contributed by atoms with Crippen LogP contribution in [0.5, 0.6) is 5.75 Å². The van der Waals surface area contributed by atoms with Gasteiger partial charge in [-0.25, -0.2) is 4.39 Å². The summed E-state index contributed by atoms with van der Waals surface area (Å²) in [6, 6.07) is 27.9. The van der Waals surface area contributed by atoms with E-state index in [0.29, 0.717) is 22.6 Å². The lowest BCUT2D eigenvalue weighted by molar-refractivity contribution is -0.113. The van der Waals surface area contributed by atoms with Gasteiger partial charge in [-0.3, -0.25) is 14.4 Å². The van der Waals surface area contributed by atoms with Gasteiger partial charge in [-0.2, -0.15) is 0 Å². The number of methoxy groups -OCH3 is 1. The summed E-state index contributed by atoms with van der Waals surface area (Å²) in [7, 11) is 1.57. The molecule has 0 radical (unpaired) electrons. The van der Waals surface area contributed by atoms with Gasteiger partial charge in [-0.1, -0.05) is 54.6 Å². The zero-order valence-corrected chi connectivity index (χ0v) is 21.1. The molecule has 2 N–H and O–H groups in total. The summed E-state index contributed by atoms with van der Waals surface area (Å²) in [4.78, 5) is 38.5. The van der Waals surface area contributed by atoms with Gasteiger partial charge < -0.3 is 15.4 Å². The Bertz CT molecular complexity index is 1540. The lowest BCUT2D eigenvalue weighted by Gasteiger charge is -2.12. The van der Waals surface area contributed by atoms with Crippen molar-refractivity contribution in [2.75, 3.05) is 12.4 Å². The van der Waals surface area contributed by atoms with Crippen molar-refractivity contribution in [3.63, 3.8) is 0 Å². The number of carbonyl (C=O) groups is 3. The molecule has 4 aromatic rings. The Kier molecular flexibility index (Phi) is 8.77. The Balaban J connectivity index is 1.49. The van der Waals surface area contributed by atoms with Crippen LogP contribution in [0, 0.1) is 5.82 Å². The van der Waals surface area contributed by atoms with E-state index in [4.69, 9.17) is 4.74 Å². The summed E-state index contributed by atoms with van der Waals surface area (Å²) in [5, 5.41) is 5.26. The van der Waals surface area contributed by atoms with Crippen molar-refractivity contribution in [1.29, 1.82) is 0 Å². The van der Waals surface area contributed by atoms with Crippen molar-refractivity contribution in [2.24, 2.45) is 0 Å². The zero-order chi connectivity index (χ0) is 27.6. The van der Waals surface area contributed by atoms with Gasteiger partial charge in [0.2, 0.25) is 0 Å². The number of ether oxygens (including phenoxy) is 1. The summed E-state index contributed by atoms with van der Waals surface area (Å²) >= 11 is 0. The topological polar surface area (TPSA) is 84.5 Å². The predicted octanol–water partition coefficient (Wildman–Crippen LogP) is 6.14. The summed E-state index contributed by atoms with van der Waals surface area (Å²) < 4.78 is 19.5. The van der Waals surface area contributed by atoms with Crippen molar-refractivity contribution in [2.45, 2.75) is 0 Å². The first-order chi connectivity index (χ1) is 18.9. The van der Waals surface area contributed by atoms with Gasteiger partial charge >= 0.3 is 0 Å². The molecule has 0 aliphatic rings. The number of ketones is 1. The molecule has 0 aliphatic carbocycles. The van der Waals surface area contributed by atoms with E-state index in [1.165, 1.54) is 30.4 Å². The largest absolute Gasteiger partial charge is 0.497 e. The third-order valence-electron chi connectivity index (χ3n) is 5.68. The number of halogens is 1. The van der Waals surface area contributed by atoms with Gasteiger partial charge in [-0.05, 0) is 72.3 Å². The Morgan fingerprint density at radius 2 is 1.51 bits per heavy atom. The van der Waals surface area contributed by atoms with Crippen LogP contribution in [0.1, 0.15) is 31.8 Å². The van der Waals surface area contributed by atoms with E-state index < -0.39 is 17.6 Å². The quantitative estimate of drug-likeness (QED) is 0.205. The highest BCUT2D eigenvalue weighted by atomic mass is 19.1. The van der Waals surface area contributed by atoms with E-state index in [2.05, 4.69) is 10.6 Å². The van der Waals surface area contributed by atoms with Gasteiger partial charge in [0.25, 0.3) is 11.8 Å². The highest BCUT2D eigenvalue weighted by molar-refractivity contribution is 6.11. The number of hydrogen-bond donors (Lipinski definition) is 2. The second-order valence-electron chi connectivity index (χ2n) is 8.41. The molecule has 39 heavy (non-hydrogen) atoms. The fraction of sp³-hybridized carbons (Fsp3) is 0.0312. The molecule has 0 fully saturated rings. The van der Waals surface area contributed by atoms with E-state index in [9.17, 15) is 18.8 Å². The molecule has 0 saturated heterocycles. The summed E-state index contributed by atoms with van der Waals surface area (Å²) in [5.41, 5.74) is 1.97. The molecule has 4 rings (SSSR count). The van der Waals surface area contributed by atoms with Crippen LogP contribution in [0.15, 0.2) is 115 Å². The van der Waals surface area contributed by atoms with E-state index in [0.717, 1.165) is 5.56 Å². The molecule has 7 heteroatoms. The number of rotatable bonds is 9. The maximum atomic E-state index is 14.3. The highest BCUT2D eigenvalue weighted by Crippen LogP contribution is 2.17. The minimum Gasteiger partial charge on any atom is -0.497 e. The van der Waals surface area contributed by atoms with E-state index in [1.807, 2.05) is 24.3 Å². The summed E-state index contributed by atoms with van der Waals surface area (Å²) in [6.07, 6.45) is 4.42.